The second kappa shape index (κ2) is 4.23. The van der Waals surface area contributed by atoms with E-state index in [1.165, 1.54) is 0 Å². The van der Waals surface area contributed by atoms with Gasteiger partial charge in [-0.25, -0.2) is 0 Å². The molecule has 0 amide bonds. The average molecular weight is 164 g/mol. The second-order valence-electron chi connectivity index (χ2n) is 2.24. The summed E-state index contributed by atoms with van der Waals surface area (Å²) in [5.74, 6) is -0.233. The van der Waals surface area contributed by atoms with Gasteiger partial charge in [0.2, 0.25) is 0 Å². The summed E-state index contributed by atoms with van der Waals surface area (Å²) in [7, 11) is 0. The van der Waals surface area contributed by atoms with Crippen molar-refractivity contribution in [3.63, 3.8) is 0 Å². The Morgan fingerprint density at radius 2 is 2.25 bits per heavy atom. The molecule has 1 rings (SSSR count). The number of nitrogens with zero attached hydrogens (tertiary/aromatic N) is 2. The third kappa shape index (κ3) is 2.49. The Balaban J connectivity index is 2.59. The van der Waals surface area contributed by atoms with Crippen molar-refractivity contribution in [1.29, 1.82) is 0 Å². The van der Waals surface area contributed by atoms with Gasteiger partial charge in [-0.1, -0.05) is 5.16 Å². The molecule has 0 aliphatic rings. The molecule has 0 radical (unpaired) electrons. The van der Waals surface area contributed by atoms with Gasteiger partial charge in [0, 0.05) is 18.8 Å². The van der Waals surface area contributed by atoms with E-state index in [1.54, 1.807) is 24.5 Å². The van der Waals surface area contributed by atoms with Crippen molar-refractivity contribution in [3.8, 4) is 0 Å². The fraction of sp³-hybridized carbons (Fsp3) is 0.125. The van der Waals surface area contributed by atoms with E-state index in [0.717, 1.165) is 11.8 Å². The van der Waals surface area contributed by atoms with Crippen LogP contribution in [0.5, 0.6) is 0 Å². The van der Waals surface area contributed by atoms with E-state index in [0.29, 0.717) is 0 Å². The third-order valence-corrected chi connectivity index (χ3v) is 1.33. The Labute approximate surface area is 69.6 Å². The lowest BCUT2D eigenvalue weighted by Crippen LogP contribution is -2.03. The largest absolute Gasteiger partial charge is 0.411 e. The molecule has 0 fully saturated rings. The maximum Gasteiger partial charge on any atom is 0.181 e. The quantitative estimate of drug-likeness (QED) is 0.405. The number of carbonyl (C=O) groups excluding carboxylic acids is 1. The maximum atomic E-state index is 10.9. The van der Waals surface area contributed by atoms with Gasteiger partial charge in [-0.05, 0) is 17.7 Å². The summed E-state index contributed by atoms with van der Waals surface area (Å²) in [6, 6.07) is 3.48. The number of hydrogen-bond donors (Lipinski definition) is 1. The van der Waals surface area contributed by atoms with Crippen LogP contribution in [0.25, 0.3) is 0 Å². The van der Waals surface area contributed by atoms with Gasteiger partial charge in [-0.15, -0.1) is 0 Å². The summed E-state index contributed by atoms with van der Waals surface area (Å²) < 4.78 is 0. The molecule has 0 bridgehead atoms. The summed E-state index contributed by atoms with van der Waals surface area (Å²) in [6.45, 7) is 0. The van der Waals surface area contributed by atoms with Crippen molar-refractivity contribution in [3.05, 3.63) is 30.1 Å². The minimum absolute atomic E-state index is 0.233. The lowest BCUT2D eigenvalue weighted by atomic mass is 10.1. The lowest BCUT2D eigenvalue weighted by Gasteiger charge is -1.93. The highest BCUT2D eigenvalue weighted by Gasteiger charge is 1.98. The Bertz CT molecular complexity index is 282. The van der Waals surface area contributed by atoms with Gasteiger partial charge in [-0.2, -0.15) is 0 Å². The maximum absolute atomic E-state index is 10.9. The summed E-state index contributed by atoms with van der Waals surface area (Å²) >= 11 is 0. The Kier molecular flexibility index (Phi) is 2.95. The number of carbonyl (C=O) groups is 1. The molecule has 0 spiro atoms. The van der Waals surface area contributed by atoms with E-state index in [4.69, 9.17) is 5.21 Å². The predicted molar refractivity (Wildman–Crippen MR) is 43.2 cm³/mol. The highest BCUT2D eigenvalue weighted by atomic mass is 16.4. The Morgan fingerprint density at radius 3 is 2.83 bits per heavy atom. The zero-order valence-electron chi connectivity index (χ0n) is 6.34. The van der Waals surface area contributed by atoms with Crippen molar-refractivity contribution in [1.82, 2.24) is 4.98 Å². The number of pyridine rings is 1. The second-order valence-corrected chi connectivity index (χ2v) is 2.24. The fourth-order valence-corrected chi connectivity index (χ4v) is 0.812. The monoisotopic (exact) mass is 164 g/mol. The topological polar surface area (TPSA) is 62.5 Å². The van der Waals surface area contributed by atoms with Crippen molar-refractivity contribution in [2.45, 2.75) is 6.42 Å². The first-order valence-electron chi connectivity index (χ1n) is 3.42. The summed E-state index contributed by atoms with van der Waals surface area (Å²) in [4.78, 5) is 14.7. The Hall–Kier alpha value is -1.71. The molecule has 0 unspecified atom stereocenters. The smallest absolute Gasteiger partial charge is 0.181 e. The van der Waals surface area contributed by atoms with Crippen LogP contribution in [0.4, 0.5) is 0 Å². The molecule has 0 aromatic carbocycles. The molecule has 1 aromatic rings. The van der Waals surface area contributed by atoms with Gasteiger partial charge in [0.15, 0.2) is 5.78 Å². The van der Waals surface area contributed by atoms with Crippen LogP contribution in [0.3, 0.4) is 0 Å². The van der Waals surface area contributed by atoms with Crippen molar-refractivity contribution < 1.29 is 10.0 Å². The van der Waals surface area contributed by atoms with Gasteiger partial charge < -0.3 is 5.21 Å². The van der Waals surface area contributed by atoms with E-state index in [1.807, 2.05) is 0 Å². The number of hydrogen-bond acceptors (Lipinski definition) is 4. The van der Waals surface area contributed by atoms with Crippen LogP contribution < -0.4 is 0 Å². The average Bonchev–Trinajstić information content (AvgIpc) is 2.06. The van der Waals surface area contributed by atoms with Crippen LogP contribution in [-0.4, -0.2) is 22.2 Å². The van der Waals surface area contributed by atoms with Crippen molar-refractivity contribution in [2.24, 2.45) is 5.16 Å². The number of rotatable bonds is 3. The molecule has 1 heterocycles. The van der Waals surface area contributed by atoms with Gasteiger partial charge in [0.1, 0.15) is 6.21 Å². The molecule has 0 aliphatic heterocycles. The Morgan fingerprint density at radius 1 is 1.58 bits per heavy atom. The van der Waals surface area contributed by atoms with E-state index in [2.05, 4.69) is 10.1 Å². The molecule has 0 saturated carbocycles. The van der Waals surface area contributed by atoms with E-state index >= 15 is 0 Å². The number of oxime groups is 1. The molecule has 12 heavy (non-hydrogen) atoms. The molecule has 4 nitrogen and oxygen atoms in total. The standard InChI is InChI=1S/C8H8N2O2/c11-8(6-10-12)5-7-1-3-9-4-2-7/h1-4,6,12H,5H2. The fourth-order valence-electron chi connectivity index (χ4n) is 0.812. The molecule has 1 aromatic heterocycles. The molecular formula is C8H8N2O2. The van der Waals surface area contributed by atoms with Crippen LogP contribution in [0.15, 0.2) is 29.7 Å². The van der Waals surface area contributed by atoms with Crippen LogP contribution >= 0.6 is 0 Å². The van der Waals surface area contributed by atoms with Crippen molar-refractivity contribution in [2.75, 3.05) is 0 Å². The van der Waals surface area contributed by atoms with Gasteiger partial charge >= 0.3 is 0 Å². The van der Waals surface area contributed by atoms with E-state index < -0.39 is 0 Å². The zero-order valence-corrected chi connectivity index (χ0v) is 6.34. The van der Waals surface area contributed by atoms with Gasteiger partial charge in [0.25, 0.3) is 0 Å². The summed E-state index contributed by atoms with van der Waals surface area (Å²) in [5.41, 5.74) is 0.856. The van der Waals surface area contributed by atoms with Gasteiger partial charge in [-0.3, -0.25) is 9.78 Å². The van der Waals surface area contributed by atoms with E-state index in [9.17, 15) is 4.79 Å². The van der Waals surface area contributed by atoms with Gasteiger partial charge in [0.05, 0.1) is 0 Å². The molecule has 0 saturated heterocycles. The number of Topliss-reactive ketones (excluding diaryl/α,β-unsaturated/α-hetero) is 1. The highest BCUT2D eigenvalue weighted by Crippen LogP contribution is 1.96. The van der Waals surface area contributed by atoms with Crippen LogP contribution in [0.2, 0.25) is 0 Å². The van der Waals surface area contributed by atoms with Crippen LogP contribution in [-0.2, 0) is 11.2 Å². The summed E-state index contributed by atoms with van der Waals surface area (Å²) in [5, 5.41) is 10.7. The first-order valence-corrected chi connectivity index (χ1v) is 3.42. The normalized spacial score (nSPS) is 10.3. The summed E-state index contributed by atoms with van der Waals surface area (Å²) in [6.07, 6.45) is 4.35. The lowest BCUT2D eigenvalue weighted by molar-refractivity contribution is -0.112. The molecular weight excluding hydrogens is 156 g/mol. The van der Waals surface area contributed by atoms with Crippen LogP contribution in [0.1, 0.15) is 5.56 Å². The zero-order chi connectivity index (χ0) is 8.81. The van der Waals surface area contributed by atoms with Crippen LogP contribution in [0, 0.1) is 0 Å². The minimum atomic E-state index is -0.233. The predicted octanol–water partition coefficient (Wildman–Crippen LogP) is 0.653. The third-order valence-electron chi connectivity index (χ3n) is 1.33. The molecule has 62 valence electrons. The first-order chi connectivity index (χ1) is 5.83. The highest BCUT2D eigenvalue weighted by molar-refractivity contribution is 6.27. The number of ketones is 1. The molecule has 0 aliphatic carbocycles. The van der Waals surface area contributed by atoms with E-state index in [-0.39, 0.29) is 12.2 Å². The molecule has 1 N–H and O–H groups in total. The minimum Gasteiger partial charge on any atom is -0.411 e. The SMILES string of the molecule is O=C(C=NO)Cc1ccncc1. The molecule has 4 heteroatoms. The van der Waals surface area contributed by atoms with Crippen molar-refractivity contribution >= 4 is 12.0 Å². The molecule has 0 atom stereocenters. The number of aromatic nitrogens is 1. The first kappa shape index (κ1) is 8.39.